The van der Waals surface area contributed by atoms with E-state index in [0.29, 0.717) is 19.3 Å². The summed E-state index contributed by atoms with van der Waals surface area (Å²) in [5.41, 5.74) is 0. The average molecular weight is 877 g/mol. The normalized spacial score (nSPS) is 12.0. The van der Waals surface area contributed by atoms with Gasteiger partial charge >= 0.3 is 17.9 Å². The van der Waals surface area contributed by atoms with Crippen LogP contribution in [-0.2, 0) is 28.6 Å². The van der Waals surface area contributed by atoms with Crippen LogP contribution in [0.15, 0.2) is 0 Å². The van der Waals surface area contributed by atoms with E-state index in [2.05, 4.69) is 27.7 Å². The Labute approximate surface area is 387 Å². The smallest absolute Gasteiger partial charge is 0.306 e. The highest BCUT2D eigenvalue weighted by molar-refractivity contribution is 5.71. The van der Waals surface area contributed by atoms with Crippen molar-refractivity contribution in [2.75, 3.05) is 13.2 Å². The molecule has 0 aliphatic heterocycles. The summed E-state index contributed by atoms with van der Waals surface area (Å²) in [5, 5.41) is 0. The van der Waals surface area contributed by atoms with Crippen LogP contribution >= 0.6 is 0 Å². The van der Waals surface area contributed by atoms with Crippen molar-refractivity contribution in [3.8, 4) is 0 Å². The van der Waals surface area contributed by atoms with Crippen LogP contribution in [0.4, 0.5) is 0 Å². The Hall–Kier alpha value is -1.59. The molecular weight excluding hydrogens is 769 g/mol. The molecule has 0 N–H and O–H groups in total. The minimum Gasteiger partial charge on any atom is -0.462 e. The number of carbonyl (C=O) groups excluding carboxylic acids is 3. The Morgan fingerprint density at radius 3 is 0.790 bits per heavy atom. The number of carbonyl (C=O) groups is 3. The topological polar surface area (TPSA) is 78.9 Å². The Morgan fingerprint density at radius 1 is 0.306 bits per heavy atom. The van der Waals surface area contributed by atoms with Gasteiger partial charge in [0.2, 0.25) is 0 Å². The van der Waals surface area contributed by atoms with Crippen LogP contribution in [0.1, 0.15) is 317 Å². The first-order valence-electron chi connectivity index (χ1n) is 27.9. The average Bonchev–Trinajstić information content (AvgIpc) is 3.26. The van der Waals surface area contributed by atoms with E-state index in [-0.39, 0.29) is 31.1 Å². The van der Waals surface area contributed by atoms with Crippen LogP contribution in [0.25, 0.3) is 0 Å². The van der Waals surface area contributed by atoms with Crippen LogP contribution in [-0.4, -0.2) is 37.2 Å². The minimum atomic E-state index is -0.760. The van der Waals surface area contributed by atoms with Crippen molar-refractivity contribution in [2.45, 2.75) is 323 Å². The lowest BCUT2D eigenvalue weighted by molar-refractivity contribution is -0.167. The quantitative estimate of drug-likeness (QED) is 0.0344. The molecule has 0 heterocycles. The first-order valence-corrected chi connectivity index (χ1v) is 27.9. The summed E-state index contributed by atoms with van der Waals surface area (Å²) < 4.78 is 16.8. The van der Waals surface area contributed by atoms with Crippen molar-refractivity contribution < 1.29 is 28.6 Å². The van der Waals surface area contributed by atoms with Gasteiger partial charge in [0, 0.05) is 19.3 Å². The summed E-state index contributed by atoms with van der Waals surface area (Å²) in [4.78, 5) is 38.0. The van der Waals surface area contributed by atoms with E-state index in [1.54, 1.807) is 0 Å². The van der Waals surface area contributed by atoms with Crippen LogP contribution in [0.5, 0.6) is 0 Å². The van der Waals surface area contributed by atoms with Crippen molar-refractivity contribution in [2.24, 2.45) is 5.92 Å². The van der Waals surface area contributed by atoms with Gasteiger partial charge in [0.15, 0.2) is 6.10 Å². The molecule has 0 bridgehead atoms. The van der Waals surface area contributed by atoms with E-state index in [1.807, 2.05) is 0 Å². The molecule has 0 unspecified atom stereocenters. The van der Waals surface area contributed by atoms with Gasteiger partial charge in [-0.15, -0.1) is 0 Å². The molecule has 0 aliphatic carbocycles. The van der Waals surface area contributed by atoms with Gasteiger partial charge < -0.3 is 14.2 Å². The molecule has 0 saturated carbocycles. The molecule has 0 rings (SSSR count). The number of hydrogen-bond donors (Lipinski definition) is 0. The lowest BCUT2D eigenvalue weighted by Gasteiger charge is -2.18. The van der Waals surface area contributed by atoms with E-state index < -0.39 is 6.10 Å². The first kappa shape index (κ1) is 60.4. The summed E-state index contributed by atoms with van der Waals surface area (Å²) in [5.74, 6) is 0.00331. The third kappa shape index (κ3) is 49.4. The maximum absolute atomic E-state index is 12.8. The van der Waals surface area contributed by atoms with Crippen LogP contribution in [0.2, 0.25) is 0 Å². The lowest BCUT2D eigenvalue weighted by Crippen LogP contribution is -2.30. The van der Waals surface area contributed by atoms with Crippen LogP contribution in [0, 0.1) is 5.92 Å². The third-order valence-corrected chi connectivity index (χ3v) is 12.8. The molecule has 0 aromatic carbocycles. The lowest BCUT2D eigenvalue weighted by atomic mass is 10.0. The first-order chi connectivity index (χ1) is 30.4. The van der Waals surface area contributed by atoms with Gasteiger partial charge in [-0.2, -0.15) is 0 Å². The molecule has 0 aromatic rings. The van der Waals surface area contributed by atoms with Crippen molar-refractivity contribution in [1.82, 2.24) is 0 Å². The molecule has 6 nitrogen and oxygen atoms in total. The van der Waals surface area contributed by atoms with Gasteiger partial charge in [-0.05, 0) is 25.2 Å². The molecule has 0 fully saturated rings. The molecule has 0 saturated heterocycles. The summed E-state index contributed by atoms with van der Waals surface area (Å²) in [6.45, 7) is 9.04. The van der Waals surface area contributed by atoms with Gasteiger partial charge in [0.25, 0.3) is 0 Å². The monoisotopic (exact) mass is 877 g/mol. The second-order valence-electron chi connectivity index (χ2n) is 19.7. The van der Waals surface area contributed by atoms with Crippen molar-refractivity contribution in [3.63, 3.8) is 0 Å². The zero-order chi connectivity index (χ0) is 45.2. The third-order valence-electron chi connectivity index (χ3n) is 12.8. The Morgan fingerprint density at radius 2 is 0.532 bits per heavy atom. The summed E-state index contributed by atoms with van der Waals surface area (Å²) in [6.07, 6.45) is 53.8. The second kappa shape index (κ2) is 50.4. The molecule has 62 heavy (non-hydrogen) atoms. The summed E-state index contributed by atoms with van der Waals surface area (Å²) >= 11 is 0. The van der Waals surface area contributed by atoms with Crippen molar-refractivity contribution in [3.05, 3.63) is 0 Å². The van der Waals surface area contributed by atoms with Gasteiger partial charge in [-0.3, -0.25) is 14.4 Å². The van der Waals surface area contributed by atoms with E-state index in [1.165, 1.54) is 212 Å². The van der Waals surface area contributed by atoms with Crippen molar-refractivity contribution in [1.29, 1.82) is 0 Å². The van der Waals surface area contributed by atoms with Gasteiger partial charge in [-0.1, -0.05) is 278 Å². The fourth-order valence-corrected chi connectivity index (χ4v) is 8.57. The van der Waals surface area contributed by atoms with E-state index >= 15 is 0 Å². The van der Waals surface area contributed by atoms with Crippen molar-refractivity contribution >= 4 is 17.9 Å². The number of esters is 3. The zero-order valence-corrected chi connectivity index (χ0v) is 42.3. The van der Waals surface area contributed by atoms with Gasteiger partial charge in [0.1, 0.15) is 13.2 Å². The molecule has 0 aromatic heterocycles. The van der Waals surface area contributed by atoms with Gasteiger partial charge in [-0.25, -0.2) is 0 Å². The van der Waals surface area contributed by atoms with Crippen LogP contribution < -0.4 is 0 Å². The zero-order valence-electron chi connectivity index (χ0n) is 42.3. The maximum atomic E-state index is 12.8. The molecular formula is C56H108O6. The highest BCUT2D eigenvalue weighted by atomic mass is 16.6. The summed E-state index contributed by atoms with van der Waals surface area (Å²) in [7, 11) is 0. The van der Waals surface area contributed by atoms with E-state index in [9.17, 15) is 14.4 Å². The van der Waals surface area contributed by atoms with Gasteiger partial charge in [0.05, 0.1) is 0 Å². The van der Waals surface area contributed by atoms with Crippen LogP contribution in [0.3, 0.4) is 0 Å². The number of unbranched alkanes of at least 4 members (excludes halogenated alkanes) is 38. The highest BCUT2D eigenvalue weighted by Gasteiger charge is 2.19. The molecule has 0 amide bonds. The molecule has 0 radical (unpaired) electrons. The molecule has 6 heteroatoms. The van der Waals surface area contributed by atoms with E-state index in [4.69, 9.17) is 14.2 Å². The minimum absolute atomic E-state index is 0.0624. The second-order valence-corrected chi connectivity index (χ2v) is 19.7. The fourth-order valence-electron chi connectivity index (χ4n) is 8.57. The molecule has 368 valence electrons. The Kier molecular flexibility index (Phi) is 49.1. The number of rotatable bonds is 51. The maximum Gasteiger partial charge on any atom is 0.306 e. The predicted octanol–water partition coefficient (Wildman–Crippen LogP) is 18.2. The SMILES string of the molecule is CCCCCCCCCCCCCCCCCCCCC(=O)O[C@H](COC(=O)CCCCCCCCCCC)COC(=O)CCCCCCCCCCCCCCCCC(C)C. The largest absolute Gasteiger partial charge is 0.462 e. The highest BCUT2D eigenvalue weighted by Crippen LogP contribution is 2.18. The standard InChI is InChI=1S/C56H108O6/c1-5-7-9-11-13-15-16-17-18-19-20-21-26-29-33-37-41-45-49-56(59)62-53(50-60-54(57)47-43-39-35-30-14-12-10-8-6-2)51-61-55(58)48-44-40-36-32-28-25-23-22-24-27-31-34-38-42-46-52(3)4/h52-53H,5-51H2,1-4H3/t53-/m1/s1. The molecule has 0 aliphatic rings. The molecule has 1 atom stereocenters. The number of ether oxygens (including phenoxy) is 3. The molecule has 0 spiro atoms. The fraction of sp³-hybridized carbons (Fsp3) is 0.946. The number of hydrogen-bond acceptors (Lipinski definition) is 6. The predicted molar refractivity (Wildman–Crippen MR) is 266 cm³/mol. The van der Waals surface area contributed by atoms with E-state index in [0.717, 1.165) is 63.7 Å². The Bertz CT molecular complexity index is 933. The Balaban J connectivity index is 4.22. The summed E-state index contributed by atoms with van der Waals surface area (Å²) in [6, 6.07) is 0.